The summed E-state index contributed by atoms with van der Waals surface area (Å²) in [6, 6.07) is 3.67. The molecule has 9 heteroatoms. The fraction of sp³-hybridized carbons (Fsp3) is 0.367. The van der Waals surface area contributed by atoms with Gasteiger partial charge in [0, 0.05) is 52.3 Å². The molecule has 2 aliphatic heterocycles. The third-order valence-corrected chi connectivity index (χ3v) is 7.39. The molecule has 0 bridgehead atoms. The second-order valence-corrected chi connectivity index (χ2v) is 10.5. The van der Waals surface area contributed by atoms with E-state index in [2.05, 4.69) is 16.5 Å². The van der Waals surface area contributed by atoms with E-state index in [-0.39, 0.29) is 17.4 Å². The normalized spacial score (nSPS) is 20.7. The number of hydrogen-bond donors (Lipinski definition) is 0. The number of carbonyl (C=O) groups is 1. The number of allylic oxidation sites excluding steroid dienone is 4. The molecule has 0 aliphatic carbocycles. The highest BCUT2D eigenvalue weighted by Crippen LogP contribution is 2.45. The number of aliphatic imine (C=N–C) groups is 2. The maximum absolute atomic E-state index is 14.0. The maximum Gasteiger partial charge on any atom is 0.330 e. The number of esters is 1. The van der Waals surface area contributed by atoms with Gasteiger partial charge in [0.2, 0.25) is 0 Å². The number of fused-ring (bicyclic) bond motifs is 1. The highest BCUT2D eigenvalue weighted by Gasteiger charge is 2.39. The Kier molecular flexibility index (Phi) is 11.3. The third kappa shape index (κ3) is 7.79. The van der Waals surface area contributed by atoms with Crippen LogP contribution < -0.4 is 0 Å². The minimum Gasteiger partial charge on any atom is -0.463 e. The lowest BCUT2D eigenvalue weighted by atomic mass is 9.90. The third-order valence-electron chi connectivity index (χ3n) is 6.19. The quantitative estimate of drug-likeness (QED) is 0.154. The van der Waals surface area contributed by atoms with Crippen LogP contribution in [0.2, 0.25) is 5.02 Å². The molecule has 208 valence electrons. The van der Waals surface area contributed by atoms with Gasteiger partial charge in [0.25, 0.3) is 0 Å². The van der Waals surface area contributed by atoms with Crippen LogP contribution in [0.25, 0.3) is 0 Å². The topological polar surface area (TPSA) is 54.3 Å². The molecule has 1 fully saturated rings. The summed E-state index contributed by atoms with van der Waals surface area (Å²) < 4.78 is 32.7. The molecule has 1 aromatic rings. The van der Waals surface area contributed by atoms with Crippen molar-refractivity contribution in [3.05, 3.63) is 93.1 Å². The van der Waals surface area contributed by atoms with E-state index in [0.29, 0.717) is 36.7 Å². The number of hydrogen-bond acceptors (Lipinski definition) is 6. The van der Waals surface area contributed by atoms with E-state index in [1.54, 1.807) is 32.2 Å². The van der Waals surface area contributed by atoms with Crippen molar-refractivity contribution in [1.29, 1.82) is 0 Å². The van der Waals surface area contributed by atoms with Crippen molar-refractivity contribution in [2.75, 3.05) is 20.2 Å². The first-order valence-corrected chi connectivity index (χ1v) is 14.1. The van der Waals surface area contributed by atoms with Gasteiger partial charge in [-0.3, -0.25) is 9.98 Å². The molecule has 3 rings (SSSR count). The Morgan fingerprint density at radius 2 is 2.18 bits per heavy atom. The van der Waals surface area contributed by atoms with Crippen molar-refractivity contribution in [2.24, 2.45) is 15.9 Å². The van der Waals surface area contributed by atoms with Gasteiger partial charge >= 0.3 is 5.97 Å². The first kappa shape index (κ1) is 30.6. The van der Waals surface area contributed by atoms with Crippen molar-refractivity contribution in [1.82, 2.24) is 4.90 Å². The molecule has 2 unspecified atom stereocenters. The lowest BCUT2D eigenvalue weighted by molar-refractivity contribution is -0.137. The monoisotopic (exact) mass is 573 g/mol. The number of amidine groups is 1. The molecule has 0 spiro atoms. The molecule has 2 aliphatic rings. The van der Waals surface area contributed by atoms with Crippen molar-refractivity contribution < 1.29 is 18.3 Å². The van der Waals surface area contributed by atoms with Gasteiger partial charge in [0.1, 0.15) is 23.9 Å². The Morgan fingerprint density at radius 1 is 1.41 bits per heavy atom. The second kappa shape index (κ2) is 14.4. The smallest absolute Gasteiger partial charge is 0.330 e. The average Bonchev–Trinajstić information content (AvgIpc) is 3.32. The van der Waals surface area contributed by atoms with E-state index in [1.807, 2.05) is 24.5 Å². The van der Waals surface area contributed by atoms with Gasteiger partial charge in [0.05, 0.1) is 12.3 Å². The van der Waals surface area contributed by atoms with Crippen LogP contribution in [-0.4, -0.2) is 48.8 Å². The number of ether oxygens (including phenoxy) is 1. The minimum atomic E-state index is -0.998. The Bertz CT molecular complexity index is 1270. The number of alkyl halides is 1. The van der Waals surface area contributed by atoms with Gasteiger partial charge in [-0.05, 0) is 57.2 Å². The molecule has 1 saturated heterocycles. The molecule has 0 aromatic heterocycles. The average molecular weight is 574 g/mol. The molecule has 5 nitrogen and oxygen atoms in total. The van der Waals surface area contributed by atoms with Crippen molar-refractivity contribution in [2.45, 2.75) is 45.8 Å². The van der Waals surface area contributed by atoms with Crippen LogP contribution in [0, 0.1) is 11.7 Å². The molecular formula is C30H34ClF2N3O2S. The highest BCUT2D eigenvalue weighted by molar-refractivity contribution is 8.06. The van der Waals surface area contributed by atoms with Crippen molar-refractivity contribution in [3.8, 4) is 0 Å². The maximum atomic E-state index is 14.0. The first-order valence-electron chi connectivity index (χ1n) is 12.8. The molecule has 1 aromatic carbocycles. The fourth-order valence-electron chi connectivity index (χ4n) is 4.50. The van der Waals surface area contributed by atoms with Crippen LogP contribution in [0.1, 0.15) is 45.2 Å². The van der Waals surface area contributed by atoms with Crippen LogP contribution in [-0.2, 0) is 9.53 Å². The van der Waals surface area contributed by atoms with E-state index >= 15 is 0 Å². The number of halogens is 3. The Hall–Kier alpha value is -2.97. The summed E-state index contributed by atoms with van der Waals surface area (Å²) in [5.41, 5.74) is 3.00. The van der Waals surface area contributed by atoms with E-state index in [9.17, 15) is 13.6 Å². The molecule has 3 atom stereocenters. The Labute approximate surface area is 238 Å². The zero-order valence-corrected chi connectivity index (χ0v) is 24.2. The molecule has 0 amide bonds. The molecule has 39 heavy (non-hydrogen) atoms. The van der Waals surface area contributed by atoms with Crippen LogP contribution >= 0.6 is 23.4 Å². The summed E-state index contributed by atoms with van der Waals surface area (Å²) in [5.74, 6) is -0.182. The summed E-state index contributed by atoms with van der Waals surface area (Å²) in [7, 11) is 1.67. The number of benzene rings is 1. The van der Waals surface area contributed by atoms with Gasteiger partial charge in [-0.1, -0.05) is 54.2 Å². The van der Waals surface area contributed by atoms with E-state index in [4.69, 9.17) is 21.3 Å². The first-order chi connectivity index (χ1) is 18.7. The summed E-state index contributed by atoms with van der Waals surface area (Å²) in [6.45, 7) is 10.3. The summed E-state index contributed by atoms with van der Waals surface area (Å²) in [6.07, 6.45) is 8.61. The molecule has 0 N–H and O–H groups in total. The van der Waals surface area contributed by atoms with Gasteiger partial charge < -0.3 is 9.64 Å². The molecule has 2 heterocycles. The second-order valence-electron chi connectivity index (χ2n) is 9.11. The minimum absolute atomic E-state index is 0.0143. The van der Waals surface area contributed by atoms with Crippen LogP contribution in [0.4, 0.5) is 8.78 Å². The zero-order valence-electron chi connectivity index (χ0n) is 22.7. The molecular weight excluding hydrogens is 540 g/mol. The number of rotatable bonds is 11. The van der Waals surface area contributed by atoms with Gasteiger partial charge in [0.15, 0.2) is 0 Å². The highest BCUT2D eigenvalue weighted by atomic mass is 35.5. The van der Waals surface area contributed by atoms with Crippen molar-refractivity contribution in [3.63, 3.8) is 0 Å². The van der Waals surface area contributed by atoms with E-state index in [0.717, 1.165) is 16.2 Å². The van der Waals surface area contributed by atoms with Crippen LogP contribution in [0.3, 0.4) is 0 Å². The Morgan fingerprint density at radius 3 is 2.82 bits per heavy atom. The predicted molar refractivity (Wildman–Crippen MR) is 158 cm³/mol. The molecule has 0 saturated carbocycles. The van der Waals surface area contributed by atoms with Gasteiger partial charge in [-0.15, -0.1) is 0 Å². The molecule has 0 radical (unpaired) electrons. The number of thioether (sulfide) groups is 1. The summed E-state index contributed by atoms with van der Waals surface area (Å²) in [5, 5.41) is 2.17. The van der Waals surface area contributed by atoms with Crippen LogP contribution in [0.15, 0.2) is 86.7 Å². The van der Waals surface area contributed by atoms with E-state index < -0.39 is 24.0 Å². The van der Waals surface area contributed by atoms with Crippen molar-refractivity contribution >= 4 is 40.9 Å². The predicted octanol–water partition coefficient (Wildman–Crippen LogP) is 7.78. The fourth-order valence-corrected chi connectivity index (χ4v) is 5.34. The SMILES string of the molecule is C=C(S/C=C\C)C1=N[C@@H](c2ccc(F)cc2Cl)C(C(/C=C\CC(C)F)=NC)=C2CC(/C=C/C(=O)OCC)CN12. The largest absolute Gasteiger partial charge is 0.463 e. The van der Waals surface area contributed by atoms with E-state index in [1.165, 1.54) is 36.9 Å². The zero-order chi connectivity index (χ0) is 28.5. The number of nitrogens with zero attached hydrogens (tertiary/aromatic N) is 3. The standard InChI is InChI=1S/C30H34ClF2N3O2S/c1-6-15-39-20(4)30-35-29(23-13-12-22(33)17-24(23)31)28(25(34-5)10-8-9-19(3)32)26-16-21(18-36(26)30)11-14-27(37)38-7-2/h6,8,10-15,17,19,21,29H,4,7,9,16,18H2,1-3,5H3/b10-8-,14-11+,15-6-,34-25?/t19?,21?,29-/m0/s1. The lowest BCUT2D eigenvalue weighted by Crippen LogP contribution is -2.34. The summed E-state index contributed by atoms with van der Waals surface area (Å²) >= 11 is 8.02. The summed E-state index contributed by atoms with van der Waals surface area (Å²) in [4.78, 5) is 24.5. The van der Waals surface area contributed by atoms with Gasteiger partial charge in [-0.2, -0.15) is 0 Å². The Balaban J connectivity index is 2.19. The number of carbonyl (C=O) groups excluding carboxylic acids is 1. The lowest BCUT2D eigenvalue weighted by Gasteiger charge is -2.34. The van der Waals surface area contributed by atoms with Gasteiger partial charge in [-0.25, -0.2) is 13.6 Å². The van der Waals surface area contributed by atoms with Crippen LogP contribution in [0.5, 0.6) is 0 Å².